The number of anilines is 2. The van der Waals surface area contributed by atoms with Gasteiger partial charge in [0.05, 0.1) is 0 Å². The van der Waals surface area contributed by atoms with E-state index in [1.54, 1.807) is 0 Å². The van der Waals surface area contributed by atoms with Gasteiger partial charge in [0.2, 0.25) is 5.91 Å². The highest BCUT2D eigenvalue weighted by molar-refractivity contribution is 5.75. The maximum Gasteiger partial charge on any atom is 0.219 e. The Bertz CT molecular complexity index is 390. The Labute approximate surface area is 102 Å². The van der Waals surface area contributed by atoms with Gasteiger partial charge >= 0.3 is 0 Å². The average molecular weight is 236 g/mol. The molecule has 5 heteroatoms. The first kappa shape index (κ1) is 13.3. The van der Waals surface area contributed by atoms with Crippen LogP contribution in [0.4, 0.5) is 11.6 Å². The number of primary amides is 1. The SMILES string of the molecule is CCNc1cccc(NC(C)(C)CC(N)=O)n1. The molecule has 1 amide bonds. The fourth-order valence-corrected chi connectivity index (χ4v) is 1.61. The number of carbonyl (C=O) groups is 1. The standard InChI is InChI=1S/C12H20N4O/c1-4-14-10-6-5-7-11(15-10)16-12(2,3)8-9(13)17/h5-7H,4,8H2,1-3H3,(H2,13,17)(H2,14,15,16). The van der Waals surface area contributed by atoms with E-state index in [0.717, 1.165) is 18.2 Å². The Morgan fingerprint density at radius 1 is 1.41 bits per heavy atom. The van der Waals surface area contributed by atoms with Gasteiger partial charge in [-0.1, -0.05) is 6.07 Å². The second kappa shape index (κ2) is 5.52. The lowest BCUT2D eigenvalue weighted by atomic mass is 10.0. The summed E-state index contributed by atoms with van der Waals surface area (Å²) in [5.74, 6) is 1.22. The maximum absolute atomic E-state index is 10.9. The van der Waals surface area contributed by atoms with Gasteiger partial charge in [0.25, 0.3) is 0 Å². The minimum Gasteiger partial charge on any atom is -0.370 e. The van der Waals surface area contributed by atoms with Crippen LogP contribution in [0.15, 0.2) is 18.2 Å². The molecule has 0 aliphatic carbocycles. The number of nitrogens with one attached hydrogen (secondary N) is 2. The third kappa shape index (κ3) is 4.72. The van der Waals surface area contributed by atoms with Crippen molar-refractivity contribution < 1.29 is 4.79 Å². The van der Waals surface area contributed by atoms with E-state index < -0.39 is 5.54 Å². The van der Waals surface area contributed by atoms with E-state index in [1.807, 2.05) is 39.0 Å². The van der Waals surface area contributed by atoms with Crippen molar-refractivity contribution >= 4 is 17.5 Å². The fraction of sp³-hybridized carbons (Fsp3) is 0.500. The zero-order chi connectivity index (χ0) is 12.9. The molecule has 1 aromatic rings. The number of aromatic nitrogens is 1. The van der Waals surface area contributed by atoms with Crippen LogP contribution in [0.2, 0.25) is 0 Å². The van der Waals surface area contributed by atoms with E-state index in [4.69, 9.17) is 5.73 Å². The topological polar surface area (TPSA) is 80.0 Å². The van der Waals surface area contributed by atoms with Gasteiger partial charge in [-0.2, -0.15) is 0 Å². The molecule has 0 radical (unpaired) electrons. The number of hydrogen-bond acceptors (Lipinski definition) is 4. The minimum absolute atomic E-state index is 0.264. The highest BCUT2D eigenvalue weighted by atomic mass is 16.1. The van der Waals surface area contributed by atoms with Gasteiger partial charge in [-0.25, -0.2) is 4.98 Å². The molecule has 0 atom stereocenters. The predicted octanol–water partition coefficient (Wildman–Crippen LogP) is 1.58. The molecular weight excluding hydrogens is 216 g/mol. The van der Waals surface area contributed by atoms with Gasteiger partial charge in [0.1, 0.15) is 11.6 Å². The van der Waals surface area contributed by atoms with Crippen molar-refractivity contribution in [2.75, 3.05) is 17.2 Å². The summed E-state index contributed by atoms with van der Waals surface area (Å²) in [7, 11) is 0. The summed E-state index contributed by atoms with van der Waals surface area (Å²) in [4.78, 5) is 15.3. The molecule has 0 unspecified atom stereocenters. The number of nitrogens with zero attached hydrogens (tertiary/aromatic N) is 1. The van der Waals surface area contributed by atoms with Gasteiger partial charge < -0.3 is 16.4 Å². The Morgan fingerprint density at radius 2 is 2.06 bits per heavy atom. The summed E-state index contributed by atoms with van der Waals surface area (Å²) in [5, 5.41) is 6.33. The van der Waals surface area contributed by atoms with Crippen molar-refractivity contribution in [3.8, 4) is 0 Å². The van der Waals surface area contributed by atoms with Crippen molar-refractivity contribution in [3.63, 3.8) is 0 Å². The van der Waals surface area contributed by atoms with Crippen LogP contribution in [-0.2, 0) is 4.79 Å². The molecule has 0 aromatic carbocycles. The van der Waals surface area contributed by atoms with Crippen molar-refractivity contribution in [3.05, 3.63) is 18.2 Å². The molecule has 4 N–H and O–H groups in total. The van der Waals surface area contributed by atoms with E-state index >= 15 is 0 Å². The van der Waals surface area contributed by atoms with E-state index in [0.29, 0.717) is 0 Å². The maximum atomic E-state index is 10.9. The van der Waals surface area contributed by atoms with E-state index in [1.165, 1.54) is 0 Å². The largest absolute Gasteiger partial charge is 0.370 e. The lowest BCUT2D eigenvalue weighted by molar-refractivity contribution is -0.118. The first-order valence-electron chi connectivity index (χ1n) is 5.70. The normalized spacial score (nSPS) is 11.0. The van der Waals surface area contributed by atoms with Crippen molar-refractivity contribution in [2.45, 2.75) is 32.7 Å². The number of hydrogen-bond donors (Lipinski definition) is 3. The van der Waals surface area contributed by atoms with Crippen LogP contribution in [0.5, 0.6) is 0 Å². The molecule has 0 aliphatic heterocycles. The highest BCUT2D eigenvalue weighted by Crippen LogP contribution is 2.17. The molecule has 17 heavy (non-hydrogen) atoms. The van der Waals surface area contributed by atoms with Crippen LogP contribution >= 0.6 is 0 Å². The Morgan fingerprint density at radius 3 is 2.65 bits per heavy atom. The van der Waals surface area contributed by atoms with E-state index in [9.17, 15) is 4.79 Å². The molecule has 0 aliphatic rings. The summed E-state index contributed by atoms with van der Waals surface area (Å²) < 4.78 is 0. The minimum atomic E-state index is -0.399. The predicted molar refractivity (Wildman–Crippen MR) is 69.9 cm³/mol. The molecule has 0 saturated carbocycles. The molecule has 5 nitrogen and oxygen atoms in total. The lowest BCUT2D eigenvalue weighted by Crippen LogP contribution is -2.36. The fourth-order valence-electron chi connectivity index (χ4n) is 1.61. The summed E-state index contributed by atoms with van der Waals surface area (Å²) in [5.41, 5.74) is 4.80. The van der Waals surface area contributed by atoms with Crippen LogP contribution in [-0.4, -0.2) is 23.0 Å². The summed E-state index contributed by atoms with van der Waals surface area (Å²) in [6.07, 6.45) is 0.264. The van der Waals surface area contributed by atoms with E-state index in [-0.39, 0.29) is 12.3 Å². The van der Waals surface area contributed by atoms with E-state index in [2.05, 4.69) is 15.6 Å². The van der Waals surface area contributed by atoms with Crippen LogP contribution in [0.3, 0.4) is 0 Å². The third-order valence-corrected chi connectivity index (χ3v) is 2.19. The Kier molecular flexibility index (Phi) is 4.31. The molecule has 94 valence electrons. The molecule has 1 aromatic heterocycles. The zero-order valence-electron chi connectivity index (χ0n) is 10.6. The zero-order valence-corrected chi connectivity index (χ0v) is 10.6. The molecule has 0 spiro atoms. The number of rotatable bonds is 6. The molecule has 0 bridgehead atoms. The number of amides is 1. The quantitative estimate of drug-likeness (QED) is 0.700. The molecule has 1 heterocycles. The summed E-state index contributed by atoms with van der Waals surface area (Å²) in [6, 6.07) is 5.67. The molecular formula is C12H20N4O. The molecule has 0 fully saturated rings. The van der Waals surface area contributed by atoms with Crippen LogP contribution in [0, 0.1) is 0 Å². The van der Waals surface area contributed by atoms with Crippen molar-refractivity contribution in [1.82, 2.24) is 4.98 Å². The highest BCUT2D eigenvalue weighted by Gasteiger charge is 2.20. The lowest BCUT2D eigenvalue weighted by Gasteiger charge is -2.25. The monoisotopic (exact) mass is 236 g/mol. The third-order valence-electron chi connectivity index (χ3n) is 2.19. The van der Waals surface area contributed by atoms with Crippen molar-refractivity contribution in [2.24, 2.45) is 5.73 Å². The number of pyridine rings is 1. The second-order valence-corrected chi connectivity index (χ2v) is 4.59. The molecule has 1 rings (SSSR count). The number of nitrogens with two attached hydrogens (primary N) is 1. The average Bonchev–Trinajstić information content (AvgIpc) is 2.15. The molecule has 0 saturated heterocycles. The smallest absolute Gasteiger partial charge is 0.219 e. The van der Waals surface area contributed by atoms with Gasteiger partial charge in [0, 0.05) is 18.5 Å². The van der Waals surface area contributed by atoms with Gasteiger partial charge in [-0.15, -0.1) is 0 Å². The van der Waals surface area contributed by atoms with Crippen LogP contribution in [0.25, 0.3) is 0 Å². The second-order valence-electron chi connectivity index (χ2n) is 4.59. The summed E-state index contributed by atoms with van der Waals surface area (Å²) in [6.45, 7) is 6.67. The Hall–Kier alpha value is -1.78. The van der Waals surface area contributed by atoms with Crippen molar-refractivity contribution in [1.29, 1.82) is 0 Å². The first-order chi connectivity index (χ1) is 7.93. The van der Waals surface area contributed by atoms with Gasteiger partial charge in [0.15, 0.2) is 0 Å². The van der Waals surface area contributed by atoms with Gasteiger partial charge in [-0.3, -0.25) is 4.79 Å². The first-order valence-corrected chi connectivity index (χ1v) is 5.70. The van der Waals surface area contributed by atoms with Crippen LogP contribution in [0.1, 0.15) is 27.2 Å². The van der Waals surface area contributed by atoms with Crippen LogP contribution < -0.4 is 16.4 Å². The number of carbonyl (C=O) groups excluding carboxylic acids is 1. The van der Waals surface area contributed by atoms with Gasteiger partial charge in [-0.05, 0) is 32.9 Å². The Balaban J connectivity index is 2.73. The summed E-state index contributed by atoms with van der Waals surface area (Å²) >= 11 is 0.